The van der Waals surface area contributed by atoms with Crippen LogP contribution in [0.25, 0.3) is 0 Å². The van der Waals surface area contributed by atoms with Crippen molar-refractivity contribution in [1.29, 1.82) is 0 Å². The first-order valence-corrected chi connectivity index (χ1v) is 8.02. The summed E-state index contributed by atoms with van der Waals surface area (Å²) in [5.74, 6) is -0.260. The van der Waals surface area contributed by atoms with Crippen LogP contribution in [0.2, 0.25) is 10.0 Å². The molecule has 5 N–H and O–H groups in total. The van der Waals surface area contributed by atoms with Crippen molar-refractivity contribution in [3.8, 4) is 5.75 Å². The summed E-state index contributed by atoms with van der Waals surface area (Å²) in [6.45, 7) is 1.40. The van der Waals surface area contributed by atoms with Crippen molar-refractivity contribution >= 4 is 41.3 Å². The molecular weight excluding hydrogens is 379 g/mol. The zero-order chi connectivity index (χ0) is 19.5. The summed E-state index contributed by atoms with van der Waals surface area (Å²) in [4.78, 5) is 9.00. The van der Waals surface area contributed by atoms with E-state index < -0.39 is 5.97 Å². The number of benzene rings is 2. The minimum absolute atomic E-state index is 0.0979. The second kappa shape index (κ2) is 11.0. The zero-order valence-electron chi connectivity index (χ0n) is 13.9. The van der Waals surface area contributed by atoms with Crippen LogP contribution in [0.4, 0.5) is 0 Å². The van der Waals surface area contributed by atoms with Gasteiger partial charge in [0.25, 0.3) is 5.97 Å². The van der Waals surface area contributed by atoms with E-state index in [1.54, 1.807) is 6.07 Å². The van der Waals surface area contributed by atoms with Crippen LogP contribution in [0.3, 0.4) is 0 Å². The van der Waals surface area contributed by atoms with E-state index in [0.717, 1.165) is 18.1 Å². The van der Waals surface area contributed by atoms with Crippen LogP contribution < -0.4 is 16.2 Å². The highest BCUT2D eigenvalue weighted by Gasteiger charge is 2.05. The molecule has 0 saturated carbocycles. The van der Waals surface area contributed by atoms with Gasteiger partial charge in [0.1, 0.15) is 12.4 Å². The molecule has 0 unspecified atom stereocenters. The fourth-order valence-corrected chi connectivity index (χ4v) is 2.04. The number of ether oxygens (including phenoxy) is 1. The minimum Gasteiger partial charge on any atom is -0.489 e. The Morgan fingerprint density at radius 2 is 1.88 bits per heavy atom. The molecule has 0 fully saturated rings. The van der Waals surface area contributed by atoms with Crippen molar-refractivity contribution in [1.82, 2.24) is 0 Å². The number of carboxylic acid groups (broad SMARTS) is 1. The normalized spacial score (nSPS) is 9.96. The van der Waals surface area contributed by atoms with Crippen LogP contribution in [0.1, 0.15) is 18.1 Å². The van der Waals surface area contributed by atoms with Gasteiger partial charge in [0, 0.05) is 12.5 Å². The molecule has 26 heavy (non-hydrogen) atoms. The first kappa shape index (κ1) is 21.3. The number of carbonyl (C=O) groups is 1. The average Bonchev–Trinajstić information content (AvgIpc) is 2.56. The Kier molecular flexibility index (Phi) is 8.97. The number of guanidine groups is 1. The molecule has 0 atom stereocenters. The quantitative estimate of drug-likeness (QED) is 0.406. The summed E-state index contributed by atoms with van der Waals surface area (Å²) in [6.07, 6.45) is 1.53. The summed E-state index contributed by atoms with van der Waals surface area (Å²) in [5.41, 5.74) is 12.0. The van der Waals surface area contributed by atoms with Gasteiger partial charge in [0.05, 0.1) is 16.3 Å². The summed E-state index contributed by atoms with van der Waals surface area (Å²) in [7, 11) is 0. The molecule has 0 aliphatic heterocycles. The maximum Gasteiger partial charge on any atom is 0.300 e. The van der Waals surface area contributed by atoms with Gasteiger partial charge in [0.15, 0.2) is 0 Å². The fraction of sp³-hybridized carbons (Fsp3) is 0.118. The Balaban J connectivity index is 0.000000765. The standard InChI is InChI=1S/C15H14Cl2N4O.C2H4O2/c16-13-6-2-4-11(14(13)17)9-22-12-5-1-3-10(7-12)8-20-21-15(18)19;1-2(3)4/h1-8H,9H2,(H4,18,19,21);1H3,(H,3,4). The number of nitrogens with zero attached hydrogens (tertiary/aromatic N) is 2. The van der Waals surface area contributed by atoms with Gasteiger partial charge in [0.2, 0.25) is 5.96 Å². The van der Waals surface area contributed by atoms with Crippen LogP contribution in [-0.2, 0) is 11.4 Å². The molecule has 0 aliphatic rings. The van der Waals surface area contributed by atoms with E-state index in [1.807, 2.05) is 36.4 Å². The highest BCUT2D eigenvalue weighted by Crippen LogP contribution is 2.26. The number of rotatable bonds is 5. The summed E-state index contributed by atoms with van der Waals surface area (Å²) in [5, 5.41) is 15.7. The summed E-state index contributed by atoms with van der Waals surface area (Å²) in [6, 6.07) is 12.7. The number of carboxylic acids is 1. The van der Waals surface area contributed by atoms with E-state index in [0.29, 0.717) is 22.4 Å². The first-order valence-electron chi connectivity index (χ1n) is 7.27. The molecule has 0 aliphatic carbocycles. The van der Waals surface area contributed by atoms with Crippen molar-refractivity contribution in [3.05, 3.63) is 63.6 Å². The molecule has 0 saturated heterocycles. The van der Waals surface area contributed by atoms with E-state index in [1.165, 1.54) is 6.21 Å². The smallest absolute Gasteiger partial charge is 0.300 e. The van der Waals surface area contributed by atoms with Crippen molar-refractivity contribution < 1.29 is 14.6 Å². The topological polar surface area (TPSA) is 123 Å². The van der Waals surface area contributed by atoms with Crippen LogP contribution in [0, 0.1) is 0 Å². The molecule has 0 radical (unpaired) electrons. The molecule has 138 valence electrons. The van der Waals surface area contributed by atoms with Gasteiger partial charge in [-0.2, -0.15) is 5.10 Å². The monoisotopic (exact) mass is 396 g/mol. The predicted octanol–water partition coefficient (Wildman–Crippen LogP) is 3.27. The van der Waals surface area contributed by atoms with E-state index in [4.69, 9.17) is 49.3 Å². The molecule has 2 aromatic rings. The highest BCUT2D eigenvalue weighted by molar-refractivity contribution is 6.42. The van der Waals surface area contributed by atoms with Gasteiger partial charge < -0.3 is 21.3 Å². The van der Waals surface area contributed by atoms with Crippen molar-refractivity contribution in [2.24, 2.45) is 21.7 Å². The largest absolute Gasteiger partial charge is 0.489 e. The summed E-state index contributed by atoms with van der Waals surface area (Å²) >= 11 is 12.1. The highest BCUT2D eigenvalue weighted by atomic mass is 35.5. The fourth-order valence-electron chi connectivity index (χ4n) is 1.67. The Bertz CT molecular complexity index is 802. The van der Waals surface area contributed by atoms with Crippen molar-refractivity contribution in [2.45, 2.75) is 13.5 Å². The van der Waals surface area contributed by atoms with Crippen LogP contribution in [0.15, 0.2) is 52.7 Å². The van der Waals surface area contributed by atoms with Crippen molar-refractivity contribution in [3.63, 3.8) is 0 Å². The number of hydrogen-bond acceptors (Lipinski definition) is 4. The van der Waals surface area contributed by atoms with E-state index in [-0.39, 0.29) is 5.96 Å². The van der Waals surface area contributed by atoms with Crippen LogP contribution in [0.5, 0.6) is 5.75 Å². The van der Waals surface area contributed by atoms with Gasteiger partial charge in [-0.25, -0.2) is 0 Å². The number of nitrogens with two attached hydrogens (primary N) is 2. The molecule has 0 heterocycles. The average molecular weight is 397 g/mol. The molecule has 2 aromatic carbocycles. The Labute approximate surface area is 160 Å². The molecule has 2 rings (SSSR count). The van der Waals surface area contributed by atoms with Gasteiger partial charge in [-0.15, -0.1) is 5.10 Å². The predicted molar refractivity (Wildman–Crippen MR) is 104 cm³/mol. The number of halogens is 2. The van der Waals surface area contributed by atoms with Gasteiger partial charge in [-0.1, -0.05) is 47.5 Å². The lowest BCUT2D eigenvalue weighted by atomic mass is 10.2. The molecule has 7 nitrogen and oxygen atoms in total. The zero-order valence-corrected chi connectivity index (χ0v) is 15.4. The maximum atomic E-state index is 9.00. The van der Waals surface area contributed by atoms with Gasteiger partial charge >= 0.3 is 0 Å². The van der Waals surface area contributed by atoms with E-state index >= 15 is 0 Å². The maximum absolute atomic E-state index is 9.00. The number of aliphatic carboxylic acids is 1. The molecular formula is C17H18Cl2N4O3. The molecule has 0 amide bonds. The van der Waals surface area contributed by atoms with Gasteiger partial charge in [-0.05, 0) is 23.8 Å². The van der Waals surface area contributed by atoms with Gasteiger partial charge in [-0.3, -0.25) is 4.79 Å². The minimum atomic E-state index is -0.833. The summed E-state index contributed by atoms with van der Waals surface area (Å²) < 4.78 is 5.71. The lowest BCUT2D eigenvalue weighted by Crippen LogP contribution is -2.21. The second-order valence-corrected chi connectivity index (χ2v) is 5.65. The SMILES string of the molecule is CC(=O)O.NC(N)=NN=Cc1cccc(OCc2cccc(Cl)c2Cl)c1. The first-order chi connectivity index (χ1) is 12.3. The molecule has 0 spiro atoms. The molecule has 9 heteroatoms. The Hall–Kier alpha value is -2.77. The Morgan fingerprint density at radius 1 is 1.23 bits per heavy atom. The van der Waals surface area contributed by atoms with E-state index in [2.05, 4.69) is 10.2 Å². The Morgan fingerprint density at radius 3 is 2.54 bits per heavy atom. The lowest BCUT2D eigenvalue weighted by molar-refractivity contribution is -0.134. The van der Waals surface area contributed by atoms with Crippen LogP contribution >= 0.6 is 23.2 Å². The third-order valence-corrected chi connectivity index (χ3v) is 3.52. The third kappa shape index (κ3) is 8.36. The number of hydrogen-bond donors (Lipinski definition) is 3. The second-order valence-electron chi connectivity index (χ2n) is 4.86. The molecule has 0 aromatic heterocycles. The van der Waals surface area contributed by atoms with Crippen LogP contribution in [-0.4, -0.2) is 23.2 Å². The molecule has 0 bridgehead atoms. The van der Waals surface area contributed by atoms with E-state index in [9.17, 15) is 0 Å². The van der Waals surface area contributed by atoms with Crippen molar-refractivity contribution in [2.75, 3.05) is 0 Å². The lowest BCUT2D eigenvalue weighted by Gasteiger charge is -2.09. The third-order valence-electron chi connectivity index (χ3n) is 2.66.